The molecule has 1 aromatic heterocycles. The lowest BCUT2D eigenvalue weighted by atomic mass is 10.1. The maximum Gasteiger partial charge on any atom is 0.276 e. The molecule has 1 saturated heterocycles. The Morgan fingerprint density at radius 2 is 1.81 bits per heavy atom. The molecule has 3 aromatic rings. The number of nitro groups is 1. The monoisotopic (exact) mass is 428 g/mol. The Morgan fingerprint density at radius 3 is 2.53 bits per heavy atom. The van der Waals surface area contributed by atoms with E-state index >= 15 is 0 Å². The molecule has 32 heavy (non-hydrogen) atoms. The first-order valence-electron chi connectivity index (χ1n) is 10.0. The Bertz CT molecular complexity index is 1200. The minimum absolute atomic E-state index is 0.00212. The molecular formula is C23H20N6O3. The van der Waals surface area contributed by atoms with E-state index in [1.165, 1.54) is 6.07 Å². The number of ether oxygens (including phenoxy) is 1. The van der Waals surface area contributed by atoms with Gasteiger partial charge in [-0.3, -0.25) is 14.7 Å². The second kappa shape index (κ2) is 9.68. The molecule has 4 rings (SSSR count). The summed E-state index contributed by atoms with van der Waals surface area (Å²) in [6.07, 6.45) is 4.80. The number of para-hydroxylation sites is 2. The summed E-state index contributed by atoms with van der Waals surface area (Å²) in [4.78, 5) is 12.9. The van der Waals surface area contributed by atoms with E-state index in [-0.39, 0.29) is 11.3 Å². The third-order valence-electron chi connectivity index (χ3n) is 4.99. The van der Waals surface area contributed by atoms with Gasteiger partial charge in [-0.15, -0.1) is 10.2 Å². The van der Waals surface area contributed by atoms with Crippen molar-refractivity contribution in [1.82, 2.24) is 14.8 Å². The molecule has 0 bridgehead atoms. The van der Waals surface area contributed by atoms with Crippen LogP contribution < -0.4 is 4.90 Å². The molecule has 1 aliphatic heterocycles. The molecule has 1 fully saturated rings. The van der Waals surface area contributed by atoms with Crippen molar-refractivity contribution < 1.29 is 9.66 Å². The first kappa shape index (κ1) is 21.0. The van der Waals surface area contributed by atoms with E-state index < -0.39 is 4.92 Å². The van der Waals surface area contributed by atoms with Gasteiger partial charge in [0.15, 0.2) is 5.82 Å². The lowest BCUT2D eigenvalue weighted by molar-refractivity contribution is -0.385. The Hall–Kier alpha value is -4.29. The van der Waals surface area contributed by atoms with Gasteiger partial charge >= 0.3 is 0 Å². The number of benzene rings is 2. The number of rotatable bonds is 6. The summed E-state index contributed by atoms with van der Waals surface area (Å²) in [5.41, 5.74) is 1.57. The molecule has 2 heterocycles. The predicted molar refractivity (Wildman–Crippen MR) is 120 cm³/mol. The van der Waals surface area contributed by atoms with E-state index in [9.17, 15) is 15.4 Å². The number of nitro benzene ring substituents is 1. The van der Waals surface area contributed by atoms with Crippen molar-refractivity contribution in [2.45, 2.75) is 0 Å². The fraction of sp³-hybridized carbons (Fsp3) is 0.174. The summed E-state index contributed by atoms with van der Waals surface area (Å²) in [7, 11) is 0. The van der Waals surface area contributed by atoms with Crippen molar-refractivity contribution in [2.75, 3.05) is 31.2 Å². The van der Waals surface area contributed by atoms with Gasteiger partial charge in [-0.05, 0) is 30.4 Å². The van der Waals surface area contributed by atoms with E-state index in [0.717, 1.165) is 5.69 Å². The molecule has 0 radical (unpaired) electrons. The summed E-state index contributed by atoms with van der Waals surface area (Å²) < 4.78 is 7.29. The van der Waals surface area contributed by atoms with Gasteiger partial charge in [0.05, 0.1) is 35.0 Å². The molecular weight excluding hydrogens is 408 g/mol. The Labute approximate surface area is 184 Å². The molecule has 0 unspecified atom stereocenters. The summed E-state index contributed by atoms with van der Waals surface area (Å²) >= 11 is 0. The number of aromatic nitrogens is 3. The molecule has 0 amide bonds. The Morgan fingerprint density at radius 1 is 1.09 bits per heavy atom. The van der Waals surface area contributed by atoms with Crippen LogP contribution >= 0.6 is 0 Å². The zero-order chi connectivity index (χ0) is 22.3. The van der Waals surface area contributed by atoms with E-state index in [1.54, 1.807) is 36.4 Å². The first-order valence-corrected chi connectivity index (χ1v) is 10.0. The van der Waals surface area contributed by atoms with Crippen molar-refractivity contribution in [3.05, 3.63) is 88.3 Å². The highest BCUT2D eigenvalue weighted by atomic mass is 16.6. The van der Waals surface area contributed by atoms with E-state index in [4.69, 9.17) is 4.74 Å². The van der Waals surface area contributed by atoms with Crippen LogP contribution in [-0.4, -0.2) is 46.0 Å². The highest BCUT2D eigenvalue weighted by Crippen LogP contribution is 2.25. The van der Waals surface area contributed by atoms with Gasteiger partial charge in [0.1, 0.15) is 6.07 Å². The number of nitriles is 1. The zero-order valence-electron chi connectivity index (χ0n) is 17.2. The number of hydrogen-bond donors (Lipinski definition) is 0. The minimum Gasteiger partial charge on any atom is -0.378 e. The largest absolute Gasteiger partial charge is 0.378 e. The van der Waals surface area contributed by atoms with Gasteiger partial charge in [0.2, 0.25) is 5.95 Å². The topological polar surface area (TPSA) is 110 Å². The fourth-order valence-electron chi connectivity index (χ4n) is 3.44. The summed E-state index contributed by atoms with van der Waals surface area (Å²) in [5.74, 6) is 1.03. The van der Waals surface area contributed by atoms with Crippen molar-refractivity contribution in [3.63, 3.8) is 0 Å². The Balaban J connectivity index is 1.74. The third-order valence-corrected chi connectivity index (χ3v) is 4.99. The highest BCUT2D eigenvalue weighted by molar-refractivity contribution is 5.77. The molecule has 0 N–H and O–H groups in total. The third kappa shape index (κ3) is 4.40. The van der Waals surface area contributed by atoms with Crippen molar-refractivity contribution >= 4 is 23.3 Å². The molecule has 160 valence electrons. The second-order valence-electron chi connectivity index (χ2n) is 6.96. The number of anilines is 1. The first-order chi connectivity index (χ1) is 15.7. The van der Waals surface area contributed by atoms with Crippen molar-refractivity contribution in [2.24, 2.45) is 0 Å². The van der Waals surface area contributed by atoms with E-state index in [0.29, 0.717) is 43.6 Å². The molecule has 9 nitrogen and oxygen atoms in total. The van der Waals surface area contributed by atoms with E-state index in [1.807, 2.05) is 34.9 Å². The van der Waals surface area contributed by atoms with E-state index in [2.05, 4.69) is 21.2 Å². The summed E-state index contributed by atoms with van der Waals surface area (Å²) in [6, 6.07) is 18.2. The Kier molecular flexibility index (Phi) is 6.34. The quantitative estimate of drug-likeness (QED) is 0.255. The minimum atomic E-state index is -0.435. The van der Waals surface area contributed by atoms with Crippen molar-refractivity contribution in [3.8, 4) is 11.8 Å². The summed E-state index contributed by atoms with van der Waals surface area (Å²) in [5, 5.41) is 29.7. The normalized spacial score (nSPS) is 14.5. The van der Waals surface area contributed by atoms with Crippen LogP contribution in [0.25, 0.3) is 17.3 Å². The van der Waals surface area contributed by atoms with Gasteiger partial charge < -0.3 is 9.64 Å². The number of morpholine rings is 1. The number of allylic oxidation sites excluding steroid dienone is 3. The molecule has 9 heteroatoms. The fourth-order valence-corrected chi connectivity index (χ4v) is 3.44. The van der Waals surface area contributed by atoms with Gasteiger partial charge in [-0.1, -0.05) is 36.4 Å². The standard InChI is InChI=1S/C23H20N6O3/c24-17-19(9-6-8-18-7-4-5-12-21(18)29(30)31)22-25-26-23(27-13-15-32-16-14-27)28(22)20-10-2-1-3-11-20/h1-12H,13-16H2/b8-6+,19-9+. The molecule has 1 aliphatic rings. The number of hydrogen-bond acceptors (Lipinski definition) is 7. The van der Waals surface area contributed by atoms with Crippen LogP contribution in [0.3, 0.4) is 0 Å². The van der Waals surface area contributed by atoms with Crippen LogP contribution in [-0.2, 0) is 4.74 Å². The predicted octanol–water partition coefficient (Wildman–Crippen LogP) is 3.63. The molecule has 0 saturated carbocycles. The van der Waals surface area contributed by atoms with Gasteiger partial charge in [0, 0.05) is 19.2 Å². The number of nitrogens with zero attached hydrogens (tertiary/aromatic N) is 6. The van der Waals surface area contributed by atoms with Gasteiger partial charge in [-0.25, -0.2) is 0 Å². The van der Waals surface area contributed by atoms with Crippen molar-refractivity contribution in [1.29, 1.82) is 5.26 Å². The van der Waals surface area contributed by atoms with Gasteiger partial charge in [-0.2, -0.15) is 5.26 Å². The molecule has 0 aliphatic carbocycles. The SMILES string of the molecule is N#C/C(=C\C=C\c1ccccc1[N+](=O)[O-])c1nnc(N2CCOCC2)n1-c1ccccc1. The average Bonchev–Trinajstić information content (AvgIpc) is 3.28. The maximum atomic E-state index is 11.2. The van der Waals surface area contributed by atoms with Crippen LogP contribution in [0.4, 0.5) is 11.6 Å². The average molecular weight is 428 g/mol. The van der Waals surface area contributed by atoms with Crippen LogP contribution in [0.1, 0.15) is 11.4 Å². The molecule has 0 atom stereocenters. The van der Waals surface area contributed by atoms with Crippen LogP contribution in [0.2, 0.25) is 0 Å². The highest BCUT2D eigenvalue weighted by Gasteiger charge is 2.23. The lowest BCUT2D eigenvalue weighted by Crippen LogP contribution is -2.38. The molecule has 0 spiro atoms. The lowest BCUT2D eigenvalue weighted by Gasteiger charge is -2.28. The van der Waals surface area contributed by atoms with Crippen LogP contribution in [0.5, 0.6) is 0 Å². The smallest absolute Gasteiger partial charge is 0.276 e. The summed E-state index contributed by atoms with van der Waals surface area (Å²) in [6.45, 7) is 2.54. The molecule has 2 aromatic carbocycles. The van der Waals surface area contributed by atoms with Gasteiger partial charge in [0.25, 0.3) is 5.69 Å². The second-order valence-corrected chi connectivity index (χ2v) is 6.96. The zero-order valence-corrected chi connectivity index (χ0v) is 17.2. The van der Waals surface area contributed by atoms with Crippen LogP contribution in [0, 0.1) is 21.4 Å². The maximum absolute atomic E-state index is 11.2. The van der Waals surface area contributed by atoms with Crippen LogP contribution in [0.15, 0.2) is 66.7 Å².